The molecule has 1 aromatic heterocycles. The van der Waals surface area contributed by atoms with Gasteiger partial charge >= 0.3 is 0 Å². The Balaban J connectivity index is 1.76. The number of hydrogen-bond donors (Lipinski definition) is 0. The summed E-state index contributed by atoms with van der Waals surface area (Å²) in [5.41, 5.74) is 1.00. The Morgan fingerprint density at radius 1 is 1.16 bits per heavy atom. The summed E-state index contributed by atoms with van der Waals surface area (Å²) in [5, 5.41) is 0. The van der Waals surface area contributed by atoms with Gasteiger partial charge in [-0.15, -0.1) is 0 Å². The minimum Gasteiger partial charge on any atom is -0.314 e. The van der Waals surface area contributed by atoms with Crippen LogP contribution in [0.1, 0.15) is 18.4 Å². The number of fused-ring (bicyclic) bond motifs is 2. The fourth-order valence-corrected chi connectivity index (χ4v) is 5.48. The van der Waals surface area contributed by atoms with E-state index in [9.17, 15) is 13.2 Å². The van der Waals surface area contributed by atoms with Crippen LogP contribution in [-0.4, -0.2) is 43.8 Å². The number of rotatable bonds is 2. The van der Waals surface area contributed by atoms with Crippen LogP contribution in [0.2, 0.25) is 0 Å². The highest BCUT2D eigenvalue weighted by Gasteiger charge is 2.53. The zero-order valence-electron chi connectivity index (χ0n) is 13.9. The molecule has 1 saturated heterocycles. The first-order chi connectivity index (χ1) is 12.0. The van der Waals surface area contributed by atoms with Crippen LogP contribution in [-0.2, 0) is 20.2 Å². The second kappa shape index (κ2) is 5.64. The molecule has 1 amide bonds. The van der Waals surface area contributed by atoms with Gasteiger partial charge in [0, 0.05) is 38.2 Å². The molecule has 1 atom stereocenters. The van der Waals surface area contributed by atoms with E-state index in [1.165, 1.54) is 10.5 Å². The van der Waals surface area contributed by atoms with E-state index in [0.717, 1.165) is 11.3 Å². The summed E-state index contributed by atoms with van der Waals surface area (Å²) in [6.45, 7) is 0.586. The predicted molar refractivity (Wildman–Crippen MR) is 93.8 cm³/mol. The molecular formula is C18H19N3O3S. The highest BCUT2D eigenvalue weighted by atomic mass is 32.2. The lowest BCUT2D eigenvalue weighted by Crippen LogP contribution is -2.53. The number of amides is 1. The number of sulfonamides is 1. The van der Waals surface area contributed by atoms with Gasteiger partial charge in [-0.25, -0.2) is 8.42 Å². The third-order valence-electron chi connectivity index (χ3n) is 5.22. The lowest BCUT2D eigenvalue weighted by Gasteiger charge is -2.38. The summed E-state index contributed by atoms with van der Waals surface area (Å²) in [7, 11) is -1.91. The minimum atomic E-state index is -3.67. The number of aromatic nitrogens is 1. The number of para-hydroxylation sites is 1. The Labute approximate surface area is 147 Å². The second-order valence-corrected chi connectivity index (χ2v) is 8.53. The molecule has 2 aliphatic heterocycles. The fraction of sp³-hybridized carbons (Fsp3) is 0.333. The number of benzene rings is 1. The molecule has 130 valence electrons. The first-order valence-corrected chi connectivity index (χ1v) is 9.69. The maximum atomic E-state index is 13.0. The van der Waals surface area contributed by atoms with Gasteiger partial charge in [0.15, 0.2) is 0 Å². The van der Waals surface area contributed by atoms with Gasteiger partial charge in [-0.1, -0.05) is 18.2 Å². The molecule has 6 nitrogen and oxygen atoms in total. The van der Waals surface area contributed by atoms with Crippen LogP contribution in [0.3, 0.4) is 0 Å². The normalized spacial score (nSPS) is 23.9. The van der Waals surface area contributed by atoms with Gasteiger partial charge < -0.3 is 4.90 Å². The topological polar surface area (TPSA) is 70.6 Å². The van der Waals surface area contributed by atoms with Crippen LogP contribution in [0.25, 0.3) is 0 Å². The average molecular weight is 357 g/mol. The zero-order chi connectivity index (χ0) is 17.7. The Kier molecular flexibility index (Phi) is 3.66. The van der Waals surface area contributed by atoms with Gasteiger partial charge in [0.1, 0.15) is 4.90 Å². The molecular weight excluding hydrogens is 338 g/mol. The zero-order valence-corrected chi connectivity index (χ0v) is 14.7. The van der Waals surface area contributed by atoms with Crippen LogP contribution in [0, 0.1) is 0 Å². The molecule has 0 bridgehead atoms. The molecule has 0 saturated carbocycles. The van der Waals surface area contributed by atoms with E-state index in [1.807, 2.05) is 24.3 Å². The Morgan fingerprint density at radius 3 is 2.72 bits per heavy atom. The average Bonchev–Trinajstić information content (AvgIpc) is 2.85. The minimum absolute atomic E-state index is 0.0280. The number of piperidine rings is 1. The van der Waals surface area contributed by atoms with Gasteiger partial charge in [0.05, 0.1) is 5.41 Å². The lowest BCUT2D eigenvalue weighted by molar-refractivity contribution is -0.124. The summed E-state index contributed by atoms with van der Waals surface area (Å²) in [6.07, 6.45) is 4.20. The number of pyridine rings is 1. The smallest absolute Gasteiger partial charge is 0.244 e. The van der Waals surface area contributed by atoms with Crippen LogP contribution in [0.15, 0.2) is 53.7 Å². The predicted octanol–water partition coefficient (Wildman–Crippen LogP) is 1.78. The van der Waals surface area contributed by atoms with Gasteiger partial charge in [-0.2, -0.15) is 4.31 Å². The highest BCUT2D eigenvalue weighted by Crippen LogP contribution is 2.46. The maximum Gasteiger partial charge on any atom is 0.244 e. The molecule has 1 fully saturated rings. The molecule has 0 aliphatic carbocycles. The van der Waals surface area contributed by atoms with E-state index in [4.69, 9.17) is 0 Å². The van der Waals surface area contributed by atoms with Gasteiger partial charge in [-0.05, 0) is 36.6 Å². The van der Waals surface area contributed by atoms with Crippen molar-refractivity contribution < 1.29 is 13.2 Å². The van der Waals surface area contributed by atoms with Crippen molar-refractivity contribution in [2.75, 3.05) is 25.0 Å². The molecule has 1 aromatic carbocycles. The first-order valence-electron chi connectivity index (χ1n) is 8.25. The summed E-state index contributed by atoms with van der Waals surface area (Å²) in [6, 6.07) is 10.8. The fourth-order valence-electron chi connectivity index (χ4n) is 3.98. The van der Waals surface area contributed by atoms with E-state index in [2.05, 4.69) is 4.98 Å². The molecule has 2 aliphatic rings. The SMILES string of the molecule is CN1C(=O)[C@]2(CCCN(S(=O)(=O)c3cccnc3)C2)c2ccccc21. The van der Waals surface area contributed by atoms with Gasteiger partial charge in [0.2, 0.25) is 15.9 Å². The van der Waals surface area contributed by atoms with Crippen molar-refractivity contribution >= 4 is 21.6 Å². The molecule has 1 spiro atoms. The van der Waals surface area contributed by atoms with Crippen LogP contribution < -0.4 is 4.90 Å². The summed E-state index contributed by atoms with van der Waals surface area (Å²) in [5.74, 6) is -0.0280. The molecule has 0 N–H and O–H groups in total. The number of carbonyl (C=O) groups is 1. The molecule has 2 aromatic rings. The lowest BCUT2D eigenvalue weighted by atomic mass is 9.76. The van der Waals surface area contributed by atoms with E-state index >= 15 is 0 Å². The third-order valence-corrected chi connectivity index (χ3v) is 7.05. The van der Waals surface area contributed by atoms with Crippen molar-refractivity contribution in [1.82, 2.24) is 9.29 Å². The summed E-state index contributed by atoms with van der Waals surface area (Å²) in [4.78, 5) is 18.8. The third kappa shape index (κ3) is 2.30. The second-order valence-electron chi connectivity index (χ2n) is 6.59. The highest BCUT2D eigenvalue weighted by molar-refractivity contribution is 7.89. The summed E-state index contributed by atoms with van der Waals surface area (Å²) >= 11 is 0. The molecule has 0 radical (unpaired) electrons. The van der Waals surface area contributed by atoms with Gasteiger partial charge in [-0.3, -0.25) is 9.78 Å². The monoisotopic (exact) mass is 357 g/mol. The maximum absolute atomic E-state index is 13.0. The van der Waals surface area contributed by atoms with E-state index in [-0.39, 0.29) is 17.3 Å². The summed E-state index contributed by atoms with van der Waals surface area (Å²) < 4.78 is 27.4. The Bertz CT molecular complexity index is 930. The molecule has 4 rings (SSSR count). The Morgan fingerprint density at radius 2 is 1.96 bits per heavy atom. The Hall–Kier alpha value is -2.25. The number of hydrogen-bond acceptors (Lipinski definition) is 4. The number of nitrogens with zero attached hydrogens (tertiary/aromatic N) is 3. The van der Waals surface area contributed by atoms with Crippen LogP contribution >= 0.6 is 0 Å². The number of anilines is 1. The molecule has 25 heavy (non-hydrogen) atoms. The number of carbonyl (C=O) groups excluding carboxylic acids is 1. The van der Waals surface area contributed by atoms with E-state index < -0.39 is 15.4 Å². The van der Waals surface area contributed by atoms with Gasteiger partial charge in [0.25, 0.3) is 0 Å². The van der Waals surface area contributed by atoms with Crippen molar-refractivity contribution in [3.8, 4) is 0 Å². The molecule has 3 heterocycles. The van der Waals surface area contributed by atoms with Crippen molar-refractivity contribution in [1.29, 1.82) is 0 Å². The molecule has 7 heteroatoms. The van der Waals surface area contributed by atoms with Crippen molar-refractivity contribution in [2.24, 2.45) is 0 Å². The van der Waals surface area contributed by atoms with E-state index in [1.54, 1.807) is 30.3 Å². The van der Waals surface area contributed by atoms with Crippen LogP contribution in [0.5, 0.6) is 0 Å². The standard InChI is InChI=1S/C18H19N3O3S/c1-20-16-8-3-2-7-15(16)18(17(20)22)9-5-11-21(13-18)25(23,24)14-6-4-10-19-12-14/h2-4,6-8,10,12H,5,9,11,13H2,1H3/t18-/m0/s1. The molecule has 0 unspecified atom stereocenters. The first kappa shape index (κ1) is 16.2. The van der Waals surface area contributed by atoms with Crippen molar-refractivity contribution in [3.63, 3.8) is 0 Å². The van der Waals surface area contributed by atoms with Crippen molar-refractivity contribution in [3.05, 3.63) is 54.4 Å². The number of likely N-dealkylation sites (N-methyl/N-ethyl adjacent to an activating group) is 1. The largest absolute Gasteiger partial charge is 0.314 e. The van der Waals surface area contributed by atoms with Crippen molar-refractivity contribution in [2.45, 2.75) is 23.2 Å². The van der Waals surface area contributed by atoms with E-state index in [0.29, 0.717) is 19.4 Å². The quantitative estimate of drug-likeness (QED) is 0.821. The van der Waals surface area contributed by atoms with Crippen LogP contribution in [0.4, 0.5) is 5.69 Å².